The van der Waals surface area contributed by atoms with Crippen LogP contribution in [0.2, 0.25) is 0 Å². The quantitative estimate of drug-likeness (QED) is 0.368. The monoisotopic (exact) mass is 445 g/mol. The zero-order valence-corrected chi connectivity index (χ0v) is 18.5. The first-order valence-corrected chi connectivity index (χ1v) is 10.5. The summed E-state index contributed by atoms with van der Waals surface area (Å²) in [6, 6.07) is 11.7. The third-order valence-corrected chi connectivity index (χ3v) is 5.57. The zero-order chi connectivity index (χ0) is 23.7. The Bertz CT molecular complexity index is 1340. The van der Waals surface area contributed by atoms with E-state index in [9.17, 15) is 19.2 Å². The van der Waals surface area contributed by atoms with Crippen molar-refractivity contribution >= 4 is 46.5 Å². The highest BCUT2D eigenvalue weighted by Gasteiger charge is 2.37. The predicted molar refractivity (Wildman–Crippen MR) is 123 cm³/mol. The molecule has 2 heterocycles. The van der Waals surface area contributed by atoms with Crippen molar-refractivity contribution in [3.8, 4) is 0 Å². The number of fused-ring (bicyclic) bond motifs is 1. The summed E-state index contributed by atoms with van der Waals surface area (Å²) in [5.41, 5.74) is 3.46. The maximum absolute atomic E-state index is 13.2. The van der Waals surface area contributed by atoms with Crippen molar-refractivity contribution in [3.63, 3.8) is 0 Å². The summed E-state index contributed by atoms with van der Waals surface area (Å²) < 4.78 is 6.75. The van der Waals surface area contributed by atoms with E-state index in [1.807, 2.05) is 44.2 Å². The molecule has 168 valence electrons. The SMILES string of the molecule is CCOC(=O)Cn1cc(C=C2C(=O)NC(=O)N(c3ccc(C)c(C)c3)C2=O)c2ccccc21. The van der Waals surface area contributed by atoms with Crippen LogP contribution in [0, 0.1) is 13.8 Å². The van der Waals surface area contributed by atoms with Gasteiger partial charge in [-0.15, -0.1) is 0 Å². The van der Waals surface area contributed by atoms with Crippen molar-refractivity contribution in [1.82, 2.24) is 9.88 Å². The standard InChI is InChI=1S/C25H23N3O5/c1-4-33-22(29)14-27-13-17(19-7-5-6-8-21(19)27)12-20-23(30)26-25(32)28(24(20)31)18-10-9-15(2)16(3)11-18/h5-13H,4,14H2,1-3H3,(H,26,30,32). The predicted octanol–water partition coefficient (Wildman–Crippen LogP) is 3.49. The number of anilines is 1. The molecule has 1 aromatic heterocycles. The molecule has 0 bridgehead atoms. The number of ether oxygens (including phenoxy) is 1. The molecule has 0 unspecified atom stereocenters. The zero-order valence-electron chi connectivity index (χ0n) is 18.5. The van der Waals surface area contributed by atoms with E-state index in [1.54, 1.807) is 29.8 Å². The van der Waals surface area contributed by atoms with Gasteiger partial charge in [0.1, 0.15) is 12.1 Å². The van der Waals surface area contributed by atoms with Crippen LogP contribution in [-0.2, 0) is 25.7 Å². The molecule has 0 saturated carbocycles. The number of carbonyl (C=O) groups excluding carboxylic acids is 4. The number of amides is 4. The third-order valence-electron chi connectivity index (χ3n) is 5.57. The molecule has 1 fully saturated rings. The second kappa shape index (κ2) is 8.74. The summed E-state index contributed by atoms with van der Waals surface area (Å²) in [5, 5.41) is 3.00. The molecule has 1 aliphatic heterocycles. The van der Waals surface area contributed by atoms with Gasteiger partial charge in [0.15, 0.2) is 0 Å². The number of urea groups is 1. The molecule has 0 atom stereocenters. The van der Waals surface area contributed by atoms with Gasteiger partial charge >= 0.3 is 12.0 Å². The molecule has 4 amide bonds. The molecule has 2 aromatic carbocycles. The Morgan fingerprint density at radius 1 is 1.06 bits per heavy atom. The Hall–Kier alpha value is -4.20. The minimum Gasteiger partial charge on any atom is -0.465 e. The van der Waals surface area contributed by atoms with Crippen LogP contribution in [-0.4, -0.2) is 35.0 Å². The van der Waals surface area contributed by atoms with Crippen LogP contribution in [0.1, 0.15) is 23.6 Å². The maximum atomic E-state index is 13.2. The number of rotatable bonds is 5. The first-order valence-electron chi connectivity index (χ1n) is 10.5. The lowest BCUT2D eigenvalue weighted by molar-refractivity contribution is -0.143. The van der Waals surface area contributed by atoms with Crippen LogP contribution in [0.25, 0.3) is 17.0 Å². The van der Waals surface area contributed by atoms with Crippen molar-refractivity contribution in [2.24, 2.45) is 0 Å². The number of hydrogen-bond acceptors (Lipinski definition) is 5. The molecule has 4 rings (SSSR count). The number of carbonyl (C=O) groups is 4. The molecule has 8 nitrogen and oxygen atoms in total. The Kier molecular flexibility index (Phi) is 5.83. The van der Waals surface area contributed by atoms with E-state index in [0.29, 0.717) is 11.3 Å². The van der Waals surface area contributed by atoms with E-state index in [1.165, 1.54) is 6.08 Å². The number of hydrogen-bond donors (Lipinski definition) is 1. The fourth-order valence-electron chi connectivity index (χ4n) is 3.78. The van der Waals surface area contributed by atoms with E-state index in [0.717, 1.165) is 26.9 Å². The number of nitrogens with one attached hydrogen (secondary N) is 1. The molecule has 1 N–H and O–H groups in total. The van der Waals surface area contributed by atoms with Crippen LogP contribution in [0.5, 0.6) is 0 Å². The van der Waals surface area contributed by atoms with Gasteiger partial charge in [0.05, 0.1) is 12.3 Å². The van der Waals surface area contributed by atoms with Crippen LogP contribution >= 0.6 is 0 Å². The summed E-state index contributed by atoms with van der Waals surface area (Å²) in [6.07, 6.45) is 3.13. The van der Waals surface area contributed by atoms with Crippen LogP contribution in [0.15, 0.2) is 54.2 Å². The summed E-state index contributed by atoms with van der Waals surface area (Å²) in [4.78, 5) is 51.3. The van der Waals surface area contributed by atoms with Crippen molar-refractivity contribution in [2.45, 2.75) is 27.3 Å². The first-order chi connectivity index (χ1) is 15.8. The summed E-state index contributed by atoms with van der Waals surface area (Å²) >= 11 is 0. The second-order valence-corrected chi connectivity index (χ2v) is 7.76. The lowest BCUT2D eigenvalue weighted by Gasteiger charge is -2.26. The van der Waals surface area contributed by atoms with Gasteiger partial charge in [0.2, 0.25) is 0 Å². The van der Waals surface area contributed by atoms with Crippen LogP contribution in [0.3, 0.4) is 0 Å². The Balaban J connectivity index is 1.77. The topological polar surface area (TPSA) is 97.7 Å². The van der Waals surface area contributed by atoms with Gasteiger partial charge in [-0.1, -0.05) is 24.3 Å². The van der Waals surface area contributed by atoms with Crippen LogP contribution in [0.4, 0.5) is 10.5 Å². The number of esters is 1. The largest absolute Gasteiger partial charge is 0.465 e. The van der Waals surface area contributed by atoms with Crippen molar-refractivity contribution in [3.05, 3.63) is 70.9 Å². The van der Waals surface area contributed by atoms with Crippen molar-refractivity contribution in [1.29, 1.82) is 0 Å². The van der Waals surface area contributed by atoms with Gasteiger partial charge in [0.25, 0.3) is 11.8 Å². The smallest absolute Gasteiger partial charge is 0.335 e. The Labute approximate surface area is 190 Å². The number of barbiturate groups is 1. The minimum absolute atomic E-state index is 0.00900. The van der Waals surface area contributed by atoms with Gasteiger partial charge in [-0.05, 0) is 56.2 Å². The third kappa shape index (κ3) is 4.15. The van der Waals surface area contributed by atoms with Gasteiger partial charge in [0, 0.05) is 22.7 Å². The highest BCUT2D eigenvalue weighted by atomic mass is 16.5. The van der Waals surface area contributed by atoms with E-state index in [4.69, 9.17) is 4.74 Å². The molecule has 0 radical (unpaired) electrons. The van der Waals surface area contributed by atoms with Gasteiger partial charge < -0.3 is 9.30 Å². The fourth-order valence-corrected chi connectivity index (χ4v) is 3.78. The molecule has 0 spiro atoms. The highest BCUT2D eigenvalue weighted by molar-refractivity contribution is 6.39. The number of aryl methyl sites for hydroxylation is 2. The van der Waals surface area contributed by atoms with Crippen molar-refractivity contribution < 1.29 is 23.9 Å². The van der Waals surface area contributed by atoms with E-state index < -0.39 is 23.8 Å². The molecule has 1 saturated heterocycles. The molecule has 33 heavy (non-hydrogen) atoms. The van der Waals surface area contributed by atoms with Crippen molar-refractivity contribution in [2.75, 3.05) is 11.5 Å². The van der Waals surface area contributed by atoms with E-state index >= 15 is 0 Å². The normalized spacial score (nSPS) is 15.3. The second-order valence-electron chi connectivity index (χ2n) is 7.76. The Morgan fingerprint density at radius 2 is 1.82 bits per heavy atom. The van der Waals surface area contributed by atoms with Gasteiger partial charge in [-0.3, -0.25) is 19.7 Å². The van der Waals surface area contributed by atoms with Crippen LogP contribution < -0.4 is 10.2 Å². The number of para-hydroxylation sites is 1. The fraction of sp³-hybridized carbons (Fsp3) is 0.200. The minimum atomic E-state index is -0.796. The maximum Gasteiger partial charge on any atom is 0.335 e. The number of imide groups is 2. The van der Waals surface area contributed by atoms with E-state index in [-0.39, 0.29) is 18.7 Å². The highest BCUT2D eigenvalue weighted by Crippen LogP contribution is 2.27. The summed E-state index contributed by atoms with van der Waals surface area (Å²) in [6.45, 7) is 5.80. The Morgan fingerprint density at radius 3 is 2.55 bits per heavy atom. The number of nitrogens with zero attached hydrogens (tertiary/aromatic N) is 2. The van der Waals surface area contributed by atoms with E-state index in [2.05, 4.69) is 5.32 Å². The van der Waals surface area contributed by atoms with Gasteiger partial charge in [-0.2, -0.15) is 0 Å². The first kappa shape index (κ1) is 22.0. The number of benzene rings is 2. The molecular formula is C25H23N3O5. The average molecular weight is 445 g/mol. The lowest BCUT2D eigenvalue weighted by Crippen LogP contribution is -2.54. The molecule has 0 aliphatic carbocycles. The summed E-state index contributed by atoms with van der Waals surface area (Å²) in [5.74, 6) is -1.88. The summed E-state index contributed by atoms with van der Waals surface area (Å²) in [7, 11) is 0. The molecule has 3 aromatic rings. The van der Waals surface area contributed by atoms with Gasteiger partial charge in [-0.25, -0.2) is 9.69 Å². The number of aromatic nitrogens is 1. The lowest BCUT2D eigenvalue weighted by atomic mass is 10.0. The molecular weight excluding hydrogens is 422 g/mol. The molecule has 1 aliphatic rings. The molecule has 8 heteroatoms. The average Bonchev–Trinajstić information content (AvgIpc) is 3.11.